The van der Waals surface area contributed by atoms with Crippen LogP contribution in [0.5, 0.6) is 11.5 Å². The molecule has 7 heteroatoms. The summed E-state index contributed by atoms with van der Waals surface area (Å²) in [5.41, 5.74) is 1.08. The van der Waals surface area contributed by atoms with Gasteiger partial charge >= 0.3 is 6.09 Å². The second-order valence-electron chi connectivity index (χ2n) is 9.06. The maximum atomic E-state index is 12.3. The van der Waals surface area contributed by atoms with E-state index in [0.29, 0.717) is 23.7 Å². The van der Waals surface area contributed by atoms with Gasteiger partial charge in [0.05, 0.1) is 15.6 Å². The quantitative estimate of drug-likeness (QED) is 0.402. The van der Waals surface area contributed by atoms with Crippen LogP contribution in [0.25, 0.3) is 11.3 Å². The molecule has 6 nitrogen and oxygen atoms in total. The smallest absolute Gasteiger partial charge is 0.410 e. The highest BCUT2D eigenvalue weighted by Crippen LogP contribution is 2.36. The van der Waals surface area contributed by atoms with Gasteiger partial charge in [-0.25, -0.2) is 9.78 Å². The number of aldehydes is 1. The van der Waals surface area contributed by atoms with E-state index in [1.165, 1.54) is 11.3 Å². The Morgan fingerprint density at radius 2 is 1.67 bits per heavy atom. The Morgan fingerprint density at radius 1 is 1.03 bits per heavy atom. The summed E-state index contributed by atoms with van der Waals surface area (Å²) in [6.07, 6.45) is 2.20. The zero-order valence-corrected chi connectivity index (χ0v) is 19.9. The predicted octanol–water partition coefficient (Wildman–Crippen LogP) is 6.53. The molecule has 0 atom stereocenters. The summed E-state index contributed by atoms with van der Waals surface area (Å²) in [4.78, 5) is 31.3. The summed E-state index contributed by atoms with van der Waals surface area (Å²) < 4.78 is 11.3. The predicted molar refractivity (Wildman–Crippen MR) is 129 cm³/mol. The summed E-state index contributed by atoms with van der Waals surface area (Å²) in [6, 6.07) is 17.2. The molecule has 0 radical (unpaired) electrons. The van der Waals surface area contributed by atoms with E-state index < -0.39 is 5.60 Å². The highest BCUT2D eigenvalue weighted by atomic mass is 32.1. The minimum atomic E-state index is -0.501. The molecule has 0 saturated carbocycles. The van der Waals surface area contributed by atoms with Crippen molar-refractivity contribution in [2.45, 2.75) is 45.1 Å². The summed E-state index contributed by atoms with van der Waals surface area (Å²) in [7, 11) is 0. The first-order chi connectivity index (χ1) is 15.8. The minimum absolute atomic E-state index is 0.224. The van der Waals surface area contributed by atoms with E-state index in [1.807, 2.05) is 75.4 Å². The molecule has 1 aliphatic heterocycles. The number of para-hydroxylation sites is 1. The molecular formula is C26H28N2O4S. The lowest BCUT2D eigenvalue weighted by molar-refractivity contribution is 0.0204. The van der Waals surface area contributed by atoms with Crippen LogP contribution in [0.15, 0.2) is 54.6 Å². The molecular weight excluding hydrogens is 436 g/mol. The second kappa shape index (κ2) is 9.75. The zero-order valence-electron chi connectivity index (χ0n) is 19.1. The van der Waals surface area contributed by atoms with Crippen LogP contribution < -0.4 is 4.74 Å². The van der Waals surface area contributed by atoms with Crippen molar-refractivity contribution in [3.05, 3.63) is 64.5 Å². The van der Waals surface area contributed by atoms with E-state index >= 15 is 0 Å². The van der Waals surface area contributed by atoms with Crippen molar-refractivity contribution in [2.75, 3.05) is 13.1 Å². The maximum absolute atomic E-state index is 12.3. The summed E-state index contributed by atoms with van der Waals surface area (Å²) in [5.74, 6) is 1.72. The average Bonchev–Trinajstić information content (AvgIpc) is 3.24. The Bertz CT molecular complexity index is 1100. The van der Waals surface area contributed by atoms with Crippen LogP contribution in [0.3, 0.4) is 0 Å². The first-order valence-electron chi connectivity index (χ1n) is 11.1. The first-order valence-corrected chi connectivity index (χ1v) is 11.9. The second-order valence-corrected chi connectivity index (χ2v) is 10.1. The van der Waals surface area contributed by atoms with Crippen LogP contribution in [-0.2, 0) is 4.74 Å². The maximum Gasteiger partial charge on any atom is 0.410 e. The third kappa shape index (κ3) is 5.79. The number of carbonyl (C=O) groups is 2. The molecule has 1 saturated heterocycles. The number of hydrogen-bond donors (Lipinski definition) is 0. The van der Waals surface area contributed by atoms with Crippen molar-refractivity contribution in [2.24, 2.45) is 0 Å². The van der Waals surface area contributed by atoms with Gasteiger partial charge in [0.15, 0.2) is 6.29 Å². The largest absolute Gasteiger partial charge is 0.457 e. The van der Waals surface area contributed by atoms with Crippen molar-refractivity contribution in [3.8, 4) is 22.8 Å². The molecule has 2 aromatic carbocycles. The minimum Gasteiger partial charge on any atom is -0.457 e. The molecule has 0 unspecified atom stereocenters. The van der Waals surface area contributed by atoms with Gasteiger partial charge < -0.3 is 14.4 Å². The fourth-order valence-electron chi connectivity index (χ4n) is 3.75. The molecule has 1 fully saturated rings. The number of piperidine rings is 1. The fraction of sp³-hybridized carbons (Fsp3) is 0.346. The van der Waals surface area contributed by atoms with E-state index in [1.54, 1.807) is 4.90 Å². The highest BCUT2D eigenvalue weighted by molar-refractivity contribution is 7.13. The van der Waals surface area contributed by atoms with Gasteiger partial charge in [-0.15, -0.1) is 11.3 Å². The molecule has 2 heterocycles. The normalized spacial score (nSPS) is 14.7. The third-order valence-electron chi connectivity index (χ3n) is 5.38. The van der Waals surface area contributed by atoms with Crippen molar-refractivity contribution in [1.29, 1.82) is 0 Å². The molecule has 1 aromatic heterocycles. The number of aromatic nitrogens is 1. The standard InChI is InChI=1S/C26H28N2O4S/c1-26(2,3)32-25(30)28-15-13-19(14-16-28)24-27-23(22(17-29)33-24)18-9-11-21(12-10-18)31-20-7-5-4-6-8-20/h4-12,17,19H,13-16H2,1-3H3. The number of thiazole rings is 1. The van der Waals surface area contributed by atoms with Gasteiger partial charge in [-0.3, -0.25) is 4.79 Å². The Hall–Kier alpha value is -3.19. The number of hydrogen-bond acceptors (Lipinski definition) is 6. The molecule has 4 rings (SSSR count). The number of ether oxygens (including phenoxy) is 2. The van der Waals surface area contributed by atoms with E-state index in [9.17, 15) is 9.59 Å². The number of benzene rings is 2. The van der Waals surface area contributed by atoms with Gasteiger partial charge in [-0.05, 0) is 70.0 Å². The van der Waals surface area contributed by atoms with Gasteiger partial charge in [0, 0.05) is 24.6 Å². The summed E-state index contributed by atoms with van der Waals surface area (Å²) in [5, 5.41) is 0.945. The Morgan fingerprint density at radius 3 is 2.27 bits per heavy atom. The number of nitrogens with zero attached hydrogens (tertiary/aromatic N) is 2. The van der Waals surface area contributed by atoms with Gasteiger partial charge in [-0.1, -0.05) is 18.2 Å². The lowest BCUT2D eigenvalue weighted by atomic mass is 9.98. The highest BCUT2D eigenvalue weighted by Gasteiger charge is 2.29. The summed E-state index contributed by atoms with van der Waals surface area (Å²) >= 11 is 1.44. The monoisotopic (exact) mass is 464 g/mol. The average molecular weight is 465 g/mol. The van der Waals surface area contributed by atoms with E-state index in [4.69, 9.17) is 14.5 Å². The van der Waals surface area contributed by atoms with Crippen LogP contribution in [0.4, 0.5) is 4.79 Å². The molecule has 33 heavy (non-hydrogen) atoms. The van der Waals surface area contributed by atoms with Crippen molar-refractivity contribution in [3.63, 3.8) is 0 Å². The zero-order chi connectivity index (χ0) is 23.4. The molecule has 0 aliphatic carbocycles. The van der Waals surface area contributed by atoms with E-state index in [0.717, 1.165) is 41.2 Å². The van der Waals surface area contributed by atoms with Gasteiger partial charge in [-0.2, -0.15) is 0 Å². The number of amides is 1. The van der Waals surface area contributed by atoms with Crippen molar-refractivity contribution < 1.29 is 19.1 Å². The van der Waals surface area contributed by atoms with Gasteiger partial charge in [0.25, 0.3) is 0 Å². The molecule has 172 valence electrons. The molecule has 0 N–H and O–H groups in total. The summed E-state index contributed by atoms with van der Waals surface area (Å²) in [6.45, 7) is 6.86. The van der Waals surface area contributed by atoms with Crippen molar-refractivity contribution >= 4 is 23.7 Å². The number of likely N-dealkylation sites (tertiary alicyclic amines) is 1. The molecule has 1 amide bonds. The SMILES string of the molecule is CC(C)(C)OC(=O)N1CCC(c2nc(-c3ccc(Oc4ccccc4)cc3)c(C=O)s2)CC1. The first kappa shape index (κ1) is 23.0. The van der Waals surface area contributed by atoms with E-state index in [-0.39, 0.29) is 12.0 Å². The van der Waals surface area contributed by atoms with E-state index in [2.05, 4.69) is 0 Å². The van der Waals surface area contributed by atoms with Crippen LogP contribution in [0, 0.1) is 0 Å². The molecule has 3 aromatic rings. The van der Waals surface area contributed by atoms with Crippen LogP contribution in [0.1, 0.15) is 54.2 Å². The molecule has 0 bridgehead atoms. The number of carbonyl (C=O) groups excluding carboxylic acids is 2. The molecule has 1 aliphatic rings. The molecule has 0 spiro atoms. The Balaban J connectivity index is 1.44. The topological polar surface area (TPSA) is 68.7 Å². The van der Waals surface area contributed by atoms with Gasteiger partial charge in [0.2, 0.25) is 0 Å². The Labute approximate surface area is 198 Å². The fourth-order valence-corrected chi connectivity index (χ4v) is 4.82. The van der Waals surface area contributed by atoms with Crippen molar-refractivity contribution in [1.82, 2.24) is 9.88 Å². The third-order valence-corrected chi connectivity index (χ3v) is 6.52. The van der Waals surface area contributed by atoms with Crippen LogP contribution >= 0.6 is 11.3 Å². The van der Waals surface area contributed by atoms with Crippen LogP contribution in [-0.4, -0.2) is 41.0 Å². The lowest BCUT2D eigenvalue weighted by Gasteiger charge is -2.32. The lowest BCUT2D eigenvalue weighted by Crippen LogP contribution is -2.41. The van der Waals surface area contributed by atoms with Crippen LogP contribution in [0.2, 0.25) is 0 Å². The number of rotatable bonds is 5. The Kier molecular flexibility index (Phi) is 6.79. The van der Waals surface area contributed by atoms with Gasteiger partial charge in [0.1, 0.15) is 17.1 Å².